The summed E-state index contributed by atoms with van der Waals surface area (Å²) in [6.45, 7) is 3.75. The van der Waals surface area contributed by atoms with Gasteiger partial charge >= 0.3 is 0 Å². The van der Waals surface area contributed by atoms with Gasteiger partial charge in [-0.15, -0.1) is 0 Å². The van der Waals surface area contributed by atoms with Crippen LogP contribution in [0.4, 0.5) is 5.69 Å². The number of non-ortho nitro benzene ring substituents is 1. The summed E-state index contributed by atoms with van der Waals surface area (Å²) in [5.41, 5.74) is 6.79. The number of aromatic hydroxyl groups is 1. The van der Waals surface area contributed by atoms with Crippen molar-refractivity contribution in [1.29, 1.82) is 0 Å². The van der Waals surface area contributed by atoms with Gasteiger partial charge in [0.2, 0.25) is 0 Å². The van der Waals surface area contributed by atoms with Gasteiger partial charge in [-0.05, 0) is 18.2 Å². The first kappa shape index (κ1) is 17.7. The van der Waals surface area contributed by atoms with Crippen molar-refractivity contribution < 1.29 is 14.8 Å². The lowest BCUT2D eigenvalue weighted by Gasteiger charge is -2.11. The molecule has 0 atom stereocenters. The topological polar surface area (TPSA) is 133 Å². The highest BCUT2D eigenvalue weighted by Crippen LogP contribution is 2.23. The largest absolute Gasteiger partial charge is 0.507 e. The summed E-state index contributed by atoms with van der Waals surface area (Å²) >= 11 is 0. The highest BCUT2D eigenvalue weighted by atomic mass is 16.6. The first-order valence-corrected chi connectivity index (χ1v) is 7.79. The SMILES string of the molecule is C=C(NNC(=O)c1cc(-c2cccc([N+](=O)[O-])c2)n[nH]1)c1ccccc1O. The third kappa shape index (κ3) is 3.93. The van der Waals surface area contributed by atoms with E-state index in [0.29, 0.717) is 22.5 Å². The number of phenolic OH excluding ortho intramolecular Hbond substituents is 1. The van der Waals surface area contributed by atoms with Crippen LogP contribution in [0.3, 0.4) is 0 Å². The maximum atomic E-state index is 12.2. The summed E-state index contributed by atoms with van der Waals surface area (Å²) in [5.74, 6) is -0.491. The van der Waals surface area contributed by atoms with E-state index in [-0.39, 0.29) is 17.1 Å². The van der Waals surface area contributed by atoms with Gasteiger partial charge < -0.3 is 5.11 Å². The second kappa shape index (κ2) is 7.40. The van der Waals surface area contributed by atoms with Gasteiger partial charge in [-0.25, -0.2) is 0 Å². The van der Waals surface area contributed by atoms with Crippen LogP contribution in [0.2, 0.25) is 0 Å². The third-order valence-corrected chi connectivity index (χ3v) is 3.73. The molecule has 1 aromatic heterocycles. The van der Waals surface area contributed by atoms with Crippen LogP contribution >= 0.6 is 0 Å². The molecule has 0 bridgehead atoms. The minimum Gasteiger partial charge on any atom is -0.507 e. The normalized spacial score (nSPS) is 10.2. The zero-order valence-corrected chi connectivity index (χ0v) is 14.0. The number of hydrogen-bond donors (Lipinski definition) is 4. The number of rotatable bonds is 6. The zero-order chi connectivity index (χ0) is 19.4. The molecule has 0 spiro atoms. The molecule has 3 rings (SSSR count). The summed E-state index contributed by atoms with van der Waals surface area (Å²) < 4.78 is 0. The molecule has 1 heterocycles. The molecule has 3 aromatic rings. The molecule has 0 radical (unpaired) electrons. The van der Waals surface area contributed by atoms with Crippen LogP contribution in [0, 0.1) is 10.1 Å². The van der Waals surface area contributed by atoms with Crippen LogP contribution in [0.1, 0.15) is 16.1 Å². The van der Waals surface area contributed by atoms with E-state index in [1.165, 1.54) is 24.3 Å². The van der Waals surface area contributed by atoms with E-state index in [2.05, 4.69) is 27.6 Å². The lowest BCUT2D eigenvalue weighted by atomic mass is 10.1. The number of carbonyl (C=O) groups is 1. The Kier molecular flexibility index (Phi) is 4.84. The van der Waals surface area contributed by atoms with Gasteiger partial charge in [-0.2, -0.15) is 5.10 Å². The van der Waals surface area contributed by atoms with E-state index < -0.39 is 10.8 Å². The monoisotopic (exact) mass is 365 g/mol. The molecule has 0 aliphatic rings. The Morgan fingerprint density at radius 1 is 1.15 bits per heavy atom. The van der Waals surface area contributed by atoms with Crippen molar-refractivity contribution in [2.75, 3.05) is 0 Å². The first-order chi connectivity index (χ1) is 13.0. The Morgan fingerprint density at radius 2 is 1.93 bits per heavy atom. The Hall–Kier alpha value is -4.14. The predicted molar refractivity (Wildman–Crippen MR) is 98.4 cm³/mol. The minimum atomic E-state index is -0.518. The molecule has 0 aliphatic heterocycles. The number of hydrazine groups is 1. The summed E-state index contributed by atoms with van der Waals surface area (Å²) in [7, 11) is 0. The fourth-order valence-corrected chi connectivity index (χ4v) is 2.36. The van der Waals surface area contributed by atoms with Crippen LogP contribution in [-0.2, 0) is 0 Å². The minimum absolute atomic E-state index is 0.0266. The van der Waals surface area contributed by atoms with E-state index in [4.69, 9.17) is 0 Å². The van der Waals surface area contributed by atoms with E-state index in [9.17, 15) is 20.0 Å². The number of H-pyrrole nitrogens is 1. The molecule has 1 amide bonds. The highest BCUT2D eigenvalue weighted by molar-refractivity contribution is 5.93. The molecular weight excluding hydrogens is 350 g/mol. The van der Waals surface area contributed by atoms with Crippen molar-refractivity contribution in [1.82, 2.24) is 21.0 Å². The molecular formula is C18H15N5O4. The molecule has 0 aliphatic carbocycles. The molecule has 0 fully saturated rings. The molecule has 27 heavy (non-hydrogen) atoms. The molecule has 0 unspecified atom stereocenters. The second-order valence-corrected chi connectivity index (χ2v) is 5.55. The van der Waals surface area contributed by atoms with Crippen molar-refractivity contribution >= 4 is 17.3 Å². The van der Waals surface area contributed by atoms with Crippen molar-refractivity contribution in [3.05, 3.63) is 82.5 Å². The maximum Gasteiger partial charge on any atom is 0.287 e. The van der Waals surface area contributed by atoms with Crippen LogP contribution in [0.25, 0.3) is 17.0 Å². The maximum absolute atomic E-state index is 12.2. The number of amides is 1. The molecule has 4 N–H and O–H groups in total. The number of para-hydroxylation sites is 1. The van der Waals surface area contributed by atoms with Gasteiger partial charge in [0.25, 0.3) is 11.6 Å². The predicted octanol–water partition coefficient (Wildman–Crippen LogP) is 2.60. The van der Waals surface area contributed by atoms with Crippen molar-refractivity contribution in [2.45, 2.75) is 0 Å². The molecule has 9 heteroatoms. The fourth-order valence-electron chi connectivity index (χ4n) is 2.36. The molecule has 0 saturated heterocycles. The second-order valence-electron chi connectivity index (χ2n) is 5.55. The van der Waals surface area contributed by atoms with Crippen LogP contribution in [-0.4, -0.2) is 26.1 Å². The highest BCUT2D eigenvalue weighted by Gasteiger charge is 2.14. The van der Waals surface area contributed by atoms with E-state index in [0.717, 1.165) is 0 Å². The van der Waals surface area contributed by atoms with Gasteiger partial charge in [-0.1, -0.05) is 30.8 Å². The Balaban J connectivity index is 1.68. The lowest BCUT2D eigenvalue weighted by Crippen LogP contribution is -2.36. The molecule has 2 aromatic carbocycles. The van der Waals surface area contributed by atoms with Gasteiger partial charge in [0.05, 0.1) is 16.3 Å². The van der Waals surface area contributed by atoms with E-state index in [1.807, 2.05) is 0 Å². The molecule has 9 nitrogen and oxygen atoms in total. The van der Waals surface area contributed by atoms with Gasteiger partial charge in [0.15, 0.2) is 0 Å². The number of nitrogens with one attached hydrogen (secondary N) is 3. The number of carbonyl (C=O) groups excluding carboxylic acids is 1. The number of phenols is 1. The number of hydrogen-bond acceptors (Lipinski definition) is 6. The summed E-state index contributed by atoms with van der Waals surface area (Å²) in [6.07, 6.45) is 0. The van der Waals surface area contributed by atoms with Gasteiger partial charge in [0, 0.05) is 23.3 Å². The average molecular weight is 365 g/mol. The number of benzene rings is 2. The first-order valence-electron chi connectivity index (χ1n) is 7.79. The van der Waals surface area contributed by atoms with Crippen molar-refractivity contribution in [2.24, 2.45) is 0 Å². The smallest absolute Gasteiger partial charge is 0.287 e. The molecule has 0 saturated carbocycles. The Morgan fingerprint density at radius 3 is 2.67 bits per heavy atom. The lowest BCUT2D eigenvalue weighted by molar-refractivity contribution is -0.384. The van der Waals surface area contributed by atoms with E-state index >= 15 is 0 Å². The standard InChI is InChI=1S/C18H15N5O4/c1-11(14-7-2-3-8-17(14)24)19-22-18(25)16-10-15(20-21-16)12-5-4-6-13(9-12)23(26)27/h2-10,19,24H,1H2,(H,20,21)(H,22,25). The van der Waals surface area contributed by atoms with Crippen molar-refractivity contribution in [3.8, 4) is 17.0 Å². The number of aromatic amines is 1. The Bertz CT molecular complexity index is 1030. The number of nitro groups is 1. The quantitative estimate of drug-likeness (QED) is 0.392. The average Bonchev–Trinajstić information content (AvgIpc) is 3.16. The third-order valence-electron chi connectivity index (χ3n) is 3.73. The van der Waals surface area contributed by atoms with Crippen molar-refractivity contribution in [3.63, 3.8) is 0 Å². The van der Waals surface area contributed by atoms with Crippen LogP contribution in [0.5, 0.6) is 5.75 Å². The summed E-state index contributed by atoms with van der Waals surface area (Å²) in [5, 5.41) is 27.2. The fraction of sp³-hybridized carbons (Fsp3) is 0. The summed E-state index contributed by atoms with van der Waals surface area (Å²) in [6, 6.07) is 14.0. The van der Waals surface area contributed by atoms with Gasteiger partial charge in [0.1, 0.15) is 11.4 Å². The summed E-state index contributed by atoms with van der Waals surface area (Å²) in [4.78, 5) is 22.6. The Labute approximate surface area is 153 Å². The van der Waals surface area contributed by atoms with E-state index in [1.54, 1.807) is 30.3 Å². The zero-order valence-electron chi connectivity index (χ0n) is 14.0. The number of nitro benzene ring substituents is 1. The number of nitrogens with zero attached hydrogens (tertiary/aromatic N) is 2. The van der Waals surface area contributed by atoms with Crippen LogP contribution in [0.15, 0.2) is 61.2 Å². The molecule has 136 valence electrons. The van der Waals surface area contributed by atoms with Crippen LogP contribution < -0.4 is 10.9 Å². The number of aromatic nitrogens is 2. The van der Waals surface area contributed by atoms with Gasteiger partial charge in [-0.3, -0.25) is 30.9 Å².